The molecule has 0 saturated carbocycles. The number of phenols is 1. The minimum atomic E-state index is -4.38. The number of aliphatic hydroxyl groups is 2. The molecule has 0 aliphatic rings. The Morgan fingerprint density at radius 3 is 1.68 bits per heavy atom. The van der Waals surface area contributed by atoms with Crippen LogP contribution in [0.5, 0.6) is 11.5 Å². The van der Waals surface area contributed by atoms with Gasteiger partial charge in [-0.05, 0) is 36.4 Å². The quantitative estimate of drug-likeness (QED) is 0.0890. The zero-order valence-corrected chi connectivity index (χ0v) is 27.6. The van der Waals surface area contributed by atoms with Crippen molar-refractivity contribution in [2.24, 2.45) is 0 Å². The van der Waals surface area contributed by atoms with Gasteiger partial charge < -0.3 is 31.6 Å². The van der Waals surface area contributed by atoms with Gasteiger partial charge in [0, 0.05) is 5.33 Å². The predicted molar refractivity (Wildman–Crippen MR) is 120 cm³/mol. The first-order chi connectivity index (χ1) is 16.8. The Kier molecular flexibility index (Phi) is 41.0. The summed E-state index contributed by atoms with van der Waals surface area (Å²) in [4.78, 5) is 11.2. The van der Waals surface area contributed by atoms with Gasteiger partial charge in [-0.1, -0.05) is 35.5 Å². The molecule has 2 rings (SSSR count). The van der Waals surface area contributed by atoms with Gasteiger partial charge in [0.1, 0.15) is 18.1 Å². The number of alkyl halides is 8. The summed E-state index contributed by atoms with van der Waals surface area (Å²) >= 11 is 3.00. The Hall–Kier alpha value is 0.653. The first-order valence-electron chi connectivity index (χ1n) is 9.51. The van der Waals surface area contributed by atoms with Crippen molar-refractivity contribution >= 4 is 22.4 Å². The van der Waals surface area contributed by atoms with Crippen molar-refractivity contribution in [3.63, 3.8) is 0 Å². The molecule has 0 saturated heterocycles. The molecule has 0 spiro atoms. The molecule has 2 aromatic rings. The number of hydrogen-bond donors (Lipinski definition) is 3. The summed E-state index contributed by atoms with van der Waals surface area (Å²) in [6.07, 6.45) is -8.74. The summed E-state index contributed by atoms with van der Waals surface area (Å²) < 4.78 is 92.5. The summed E-state index contributed by atoms with van der Waals surface area (Å²) in [5.74, 6) is -0.270. The van der Waals surface area contributed by atoms with Gasteiger partial charge in [-0.15, -0.1) is 0 Å². The van der Waals surface area contributed by atoms with E-state index in [9.17, 15) is 30.7 Å². The van der Waals surface area contributed by atoms with Crippen LogP contribution in [-0.2, 0) is 22.0 Å². The largest absolute Gasteiger partial charge is 1.00 e. The van der Waals surface area contributed by atoms with Crippen molar-refractivity contribution in [1.82, 2.24) is 0 Å². The summed E-state index contributed by atoms with van der Waals surface area (Å²) in [6, 6.07) is 8.45. The van der Waals surface area contributed by atoms with Crippen LogP contribution >= 0.6 is 15.9 Å². The van der Waals surface area contributed by atoms with Crippen LogP contribution in [0.15, 0.2) is 48.5 Å². The Morgan fingerprint density at radius 1 is 1.00 bits per heavy atom. The predicted octanol–water partition coefficient (Wildman–Crippen LogP) is -1.36. The van der Waals surface area contributed by atoms with Crippen LogP contribution < -0.4 is 113 Å². The third-order valence-electron chi connectivity index (χ3n) is 2.82. The summed E-state index contributed by atoms with van der Waals surface area (Å²) in [6.45, 7) is -0.183. The Balaban J connectivity index is -0.0000000751. The molecule has 0 fully saturated rings. The fourth-order valence-electron chi connectivity index (χ4n) is 1.61. The molecule has 0 aliphatic heterocycles. The van der Waals surface area contributed by atoms with E-state index in [0.29, 0.717) is 11.4 Å². The van der Waals surface area contributed by atoms with Gasteiger partial charge in [-0.25, -0.2) is 0 Å². The number of hydrogen-bond acceptors (Lipinski definition) is 7. The number of carbonyl (C=O) groups excluding carboxylic acids is 1. The molecule has 0 aromatic heterocycles. The van der Waals surface area contributed by atoms with Gasteiger partial charge in [-0.3, -0.25) is 9.18 Å². The number of benzene rings is 2. The van der Waals surface area contributed by atoms with Crippen molar-refractivity contribution in [2.45, 2.75) is 19.8 Å². The van der Waals surface area contributed by atoms with Crippen molar-refractivity contribution in [3.05, 3.63) is 59.7 Å². The Morgan fingerprint density at radius 2 is 1.39 bits per heavy atom. The molecular weight excluding hydrogens is 655 g/mol. The van der Waals surface area contributed by atoms with E-state index in [1.54, 1.807) is 0 Å². The molecule has 0 bridgehead atoms. The maximum Gasteiger partial charge on any atom is 1.00 e. The number of ether oxygens (including phenoxy) is 1. The second-order valence-electron chi connectivity index (χ2n) is 5.25. The molecule has 3 N–H and O–H groups in total. The van der Waals surface area contributed by atoms with Crippen LogP contribution in [0.4, 0.5) is 30.7 Å². The molecule has 0 amide bonds. The fourth-order valence-corrected chi connectivity index (χ4v) is 1.61. The third-order valence-corrected chi connectivity index (χ3v) is 3.17. The average molecular weight is 685 g/mol. The first kappa shape index (κ1) is 48.4. The molecule has 38 heavy (non-hydrogen) atoms. The van der Waals surface area contributed by atoms with Crippen LogP contribution in [0.1, 0.15) is 21.4 Å². The number of phenolic OH excluding ortho intramolecular Hbond substituents is 1. The molecule has 17 heteroatoms. The van der Waals surface area contributed by atoms with Crippen molar-refractivity contribution in [1.29, 1.82) is 0 Å². The minimum absolute atomic E-state index is 0. The number of aliphatic hydroxyl groups excluding tert-OH is 2. The van der Waals surface area contributed by atoms with Crippen molar-refractivity contribution in [2.75, 3.05) is 32.3 Å². The van der Waals surface area contributed by atoms with E-state index in [0.717, 1.165) is 24.3 Å². The normalized spacial score (nSPS) is 9.39. The minimum Gasteiger partial charge on any atom is -1.00 e. The van der Waals surface area contributed by atoms with Crippen molar-refractivity contribution in [3.8, 4) is 11.5 Å². The topological polar surface area (TPSA) is 119 Å². The monoisotopic (exact) mass is 683 g/mol. The Labute approximate surface area is 312 Å². The van der Waals surface area contributed by atoms with E-state index in [1.165, 1.54) is 18.2 Å². The van der Waals surface area contributed by atoms with Gasteiger partial charge in [0.25, 0.3) is 6.47 Å². The average Bonchev–Trinajstić information content (AvgIpc) is 2.83. The summed E-state index contributed by atoms with van der Waals surface area (Å²) in [7, 11) is -1.00. The summed E-state index contributed by atoms with van der Waals surface area (Å²) in [5, 5.41) is 34.0. The molecule has 0 atom stereocenters. The molecular formula is C21H28BrF7K2O7. The Bertz CT molecular complexity index is 812. The van der Waals surface area contributed by atoms with Gasteiger partial charge in [0.2, 0.25) is 0 Å². The number of aromatic hydroxyl groups is 1. The second kappa shape index (κ2) is 32.2. The number of halogens is 8. The molecule has 0 radical (unpaired) electrons. The maximum absolute atomic E-state index is 12.2. The van der Waals surface area contributed by atoms with Crippen LogP contribution in [-0.4, -0.2) is 54.1 Å². The zero-order chi connectivity index (χ0) is 28.6. The zero-order valence-electron chi connectivity index (χ0n) is 21.7. The molecule has 2 aromatic carbocycles. The van der Waals surface area contributed by atoms with E-state index < -0.39 is 30.6 Å². The van der Waals surface area contributed by atoms with Crippen LogP contribution in [0.25, 0.3) is 0 Å². The molecule has 212 valence electrons. The van der Waals surface area contributed by atoms with Gasteiger partial charge in [0.15, 0.2) is 0 Å². The second-order valence-corrected chi connectivity index (χ2v) is 6.04. The smallest absolute Gasteiger partial charge is 1.00 e. The van der Waals surface area contributed by atoms with Gasteiger partial charge in [-0.2, -0.15) is 26.3 Å². The van der Waals surface area contributed by atoms with Crippen molar-refractivity contribution < 1.29 is 171 Å². The number of carbonyl (C=O) groups is 1. The van der Waals surface area contributed by atoms with E-state index in [1.807, 2.05) is 0 Å². The van der Waals surface area contributed by atoms with E-state index in [2.05, 4.69) is 20.8 Å². The maximum atomic E-state index is 12.2. The van der Waals surface area contributed by atoms with Crippen LogP contribution in [0.3, 0.4) is 0 Å². The number of rotatable bonds is 5. The molecule has 0 aliphatic carbocycles. The molecule has 0 heterocycles. The SMILES string of the molecule is C.O=CO[O-].OCCBr.OCCOc1cccc(C(F)(F)F)c1.Oc1cccc(C(F)(F)F)c1.[2H]CF.[H-].[K+].[K+]. The molecule has 7 nitrogen and oxygen atoms in total. The fraction of sp³-hybridized carbons (Fsp3) is 0.381. The van der Waals surface area contributed by atoms with E-state index >= 15 is 0 Å². The van der Waals surface area contributed by atoms with E-state index in [4.69, 9.17) is 31.5 Å². The standard InChI is InChI=1S/C9H9F3O2.C7H5F3O.C2H5BrO.CH3F.CH2O3.CH4.2K.H/c10-9(11,12)7-2-1-3-8(6-7)14-5-4-13;8-7(9,10)5-2-1-3-6(11)4-5;3-1-2-4;1-2;2-1-4-3;;;;/h1-3,6,13H,4-5H2;1-4,11H;4H,1-2H2;1H3;1,3H;1H4;;;/q;;;;;;2*+1;-1/p-1/i;;;1D;;;;;. The van der Waals surface area contributed by atoms with E-state index in [-0.39, 0.29) is 149 Å². The summed E-state index contributed by atoms with van der Waals surface area (Å²) in [5.41, 5.74) is -1.59. The van der Waals surface area contributed by atoms with Crippen LogP contribution in [0.2, 0.25) is 0 Å². The first-order valence-corrected chi connectivity index (χ1v) is 9.92. The third kappa shape index (κ3) is 31.2. The van der Waals surface area contributed by atoms with Gasteiger partial charge in [0.05, 0.1) is 32.9 Å². The van der Waals surface area contributed by atoms with Crippen LogP contribution in [0, 0.1) is 0 Å². The molecule has 0 unspecified atom stereocenters. The van der Waals surface area contributed by atoms with Gasteiger partial charge >= 0.3 is 115 Å².